The van der Waals surface area contributed by atoms with Gasteiger partial charge in [-0.15, -0.1) is 0 Å². The van der Waals surface area contributed by atoms with Gasteiger partial charge in [-0.05, 0) is 18.8 Å². The Balaban J connectivity index is 2.89. The summed E-state index contributed by atoms with van der Waals surface area (Å²) in [5.74, 6) is -0.187. The van der Waals surface area contributed by atoms with Gasteiger partial charge in [-0.1, -0.05) is 25.4 Å². The predicted molar refractivity (Wildman–Crippen MR) is 70.3 cm³/mol. The molecule has 114 valence electrons. The molecule has 0 saturated carbocycles. The highest BCUT2D eigenvalue weighted by molar-refractivity contribution is 6.30. The van der Waals surface area contributed by atoms with E-state index in [9.17, 15) is 22.8 Å². The van der Waals surface area contributed by atoms with Crippen LogP contribution in [0.1, 0.15) is 44.6 Å². The van der Waals surface area contributed by atoms with Crippen molar-refractivity contribution >= 4 is 11.6 Å². The number of unbranched alkanes of at least 4 members (excludes halogenated alkanes) is 1. The third-order valence-electron chi connectivity index (χ3n) is 2.84. The summed E-state index contributed by atoms with van der Waals surface area (Å²) in [6.07, 6.45) is -5.18. The molecule has 1 rings (SSSR count). The third kappa shape index (κ3) is 4.40. The molecule has 0 fully saturated rings. The second-order valence-corrected chi connectivity index (χ2v) is 5.22. The Kier molecular flexibility index (Phi) is 5.44. The van der Waals surface area contributed by atoms with Crippen LogP contribution in [-0.2, 0) is 6.54 Å². The van der Waals surface area contributed by atoms with Crippen molar-refractivity contribution in [2.45, 2.75) is 51.7 Å². The van der Waals surface area contributed by atoms with Crippen LogP contribution in [0.25, 0.3) is 0 Å². The van der Waals surface area contributed by atoms with Crippen molar-refractivity contribution < 1.29 is 13.2 Å². The number of rotatable bonds is 5. The Bertz CT molecular complexity index is 576. The van der Waals surface area contributed by atoms with Crippen molar-refractivity contribution in [1.29, 1.82) is 0 Å². The highest BCUT2D eigenvalue weighted by Gasteiger charge is 2.26. The van der Waals surface area contributed by atoms with Crippen molar-refractivity contribution in [2.75, 3.05) is 0 Å². The Morgan fingerprint density at radius 2 is 1.85 bits per heavy atom. The quantitative estimate of drug-likeness (QED) is 0.671. The summed E-state index contributed by atoms with van der Waals surface area (Å²) in [5, 5.41) is -0.0125. The largest absolute Gasteiger partial charge is 0.389 e. The van der Waals surface area contributed by atoms with E-state index in [0.717, 1.165) is 4.57 Å². The molecule has 1 N–H and O–H groups in total. The summed E-state index contributed by atoms with van der Waals surface area (Å²) in [4.78, 5) is 26.0. The lowest BCUT2D eigenvalue weighted by Crippen LogP contribution is -2.37. The van der Waals surface area contributed by atoms with Gasteiger partial charge in [0.05, 0.1) is 5.56 Å². The molecule has 0 atom stereocenters. The molecule has 8 heteroatoms. The van der Waals surface area contributed by atoms with Gasteiger partial charge in [0.2, 0.25) is 0 Å². The van der Waals surface area contributed by atoms with Gasteiger partial charge in [-0.3, -0.25) is 14.3 Å². The number of aromatic nitrogens is 2. The number of aromatic amines is 1. The normalized spacial score (nSPS) is 12.2. The first-order valence-electron chi connectivity index (χ1n) is 6.22. The second-order valence-electron chi connectivity index (χ2n) is 4.84. The molecular formula is C12H16ClF3N2O2. The molecule has 1 aromatic heterocycles. The summed E-state index contributed by atoms with van der Waals surface area (Å²) in [5.41, 5.74) is -0.973. The van der Waals surface area contributed by atoms with Crippen LogP contribution >= 0.6 is 11.6 Å². The molecule has 0 bridgehead atoms. The maximum absolute atomic E-state index is 12.1. The summed E-state index contributed by atoms with van der Waals surface area (Å²) < 4.78 is 36.9. The molecular weight excluding hydrogens is 297 g/mol. The Hall–Kier alpha value is -1.24. The minimum Gasteiger partial charge on any atom is -0.297 e. The lowest BCUT2D eigenvalue weighted by Gasteiger charge is -2.11. The molecule has 20 heavy (non-hydrogen) atoms. The molecule has 1 aromatic rings. The Morgan fingerprint density at radius 3 is 2.35 bits per heavy atom. The predicted octanol–water partition coefficient (Wildman–Crippen LogP) is 3.05. The fraction of sp³-hybridized carbons (Fsp3) is 0.667. The van der Waals surface area contributed by atoms with E-state index in [-0.39, 0.29) is 36.0 Å². The van der Waals surface area contributed by atoms with Crippen LogP contribution in [0.4, 0.5) is 13.2 Å². The van der Waals surface area contributed by atoms with Gasteiger partial charge in [0.25, 0.3) is 5.56 Å². The number of hydrogen-bond acceptors (Lipinski definition) is 2. The van der Waals surface area contributed by atoms with E-state index in [4.69, 9.17) is 11.6 Å². The van der Waals surface area contributed by atoms with Crippen molar-refractivity contribution in [3.63, 3.8) is 0 Å². The summed E-state index contributed by atoms with van der Waals surface area (Å²) in [6, 6.07) is 0. The molecule has 0 aliphatic rings. The van der Waals surface area contributed by atoms with Crippen LogP contribution in [0.2, 0.25) is 5.15 Å². The lowest BCUT2D eigenvalue weighted by atomic mass is 10.1. The highest BCUT2D eigenvalue weighted by atomic mass is 35.5. The van der Waals surface area contributed by atoms with Crippen LogP contribution < -0.4 is 11.2 Å². The summed E-state index contributed by atoms with van der Waals surface area (Å²) >= 11 is 5.81. The number of H-pyrrole nitrogens is 1. The van der Waals surface area contributed by atoms with E-state index < -0.39 is 23.8 Å². The Labute approximate surface area is 118 Å². The smallest absolute Gasteiger partial charge is 0.297 e. The van der Waals surface area contributed by atoms with E-state index in [1.807, 2.05) is 0 Å². The standard InChI is InChI=1S/C12H16ClF3N2O2/c1-7(2)8-9(13)17-11(20)18(10(8)19)6-4-3-5-12(14,15)16/h7H,3-6H2,1-2H3,(H,17,20). The number of hydrogen-bond donors (Lipinski definition) is 1. The molecule has 0 aromatic carbocycles. The first-order valence-corrected chi connectivity index (χ1v) is 6.60. The van der Waals surface area contributed by atoms with Gasteiger partial charge < -0.3 is 0 Å². The number of nitrogens with one attached hydrogen (secondary N) is 1. The molecule has 0 aliphatic heterocycles. The van der Waals surface area contributed by atoms with Crippen molar-refractivity contribution in [3.8, 4) is 0 Å². The molecule has 0 amide bonds. The average molecular weight is 313 g/mol. The second kappa shape index (κ2) is 6.47. The van der Waals surface area contributed by atoms with E-state index in [1.54, 1.807) is 13.8 Å². The average Bonchev–Trinajstić information content (AvgIpc) is 2.24. The maximum atomic E-state index is 12.1. The fourth-order valence-electron chi connectivity index (χ4n) is 1.86. The zero-order valence-corrected chi connectivity index (χ0v) is 11.9. The third-order valence-corrected chi connectivity index (χ3v) is 3.14. The van der Waals surface area contributed by atoms with Crippen LogP contribution in [0.5, 0.6) is 0 Å². The van der Waals surface area contributed by atoms with Gasteiger partial charge >= 0.3 is 11.9 Å². The molecule has 4 nitrogen and oxygen atoms in total. The maximum Gasteiger partial charge on any atom is 0.389 e. The number of nitrogens with zero attached hydrogens (tertiary/aromatic N) is 1. The Morgan fingerprint density at radius 1 is 1.25 bits per heavy atom. The minimum absolute atomic E-state index is 0.0125. The molecule has 0 aliphatic carbocycles. The van der Waals surface area contributed by atoms with E-state index in [1.165, 1.54) is 0 Å². The number of halogens is 4. The van der Waals surface area contributed by atoms with Gasteiger partial charge in [0, 0.05) is 13.0 Å². The van der Waals surface area contributed by atoms with E-state index >= 15 is 0 Å². The fourth-order valence-corrected chi connectivity index (χ4v) is 2.24. The van der Waals surface area contributed by atoms with Crippen LogP contribution in [0.3, 0.4) is 0 Å². The van der Waals surface area contributed by atoms with Crippen molar-refractivity contribution in [3.05, 3.63) is 31.6 Å². The lowest BCUT2D eigenvalue weighted by molar-refractivity contribution is -0.135. The van der Waals surface area contributed by atoms with Gasteiger partial charge in [-0.2, -0.15) is 13.2 Å². The van der Waals surface area contributed by atoms with Gasteiger partial charge in [0.15, 0.2) is 0 Å². The minimum atomic E-state index is -4.22. The highest BCUT2D eigenvalue weighted by Crippen LogP contribution is 2.22. The number of alkyl halides is 3. The topological polar surface area (TPSA) is 54.9 Å². The molecule has 1 heterocycles. The van der Waals surface area contributed by atoms with Crippen LogP contribution in [0.15, 0.2) is 9.59 Å². The van der Waals surface area contributed by atoms with Crippen LogP contribution in [-0.4, -0.2) is 15.7 Å². The summed E-state index contributed by atoms with van der Waals surface area (Å²) in [7, 11) is 0. The van der Waals surface area contributed by atoms with Crippen molar-refractivity contribution in [2.24, 2.45) is 0 Å². The molecule has 0 radical (unpaired) electrons. The van der Waals surface area contributed by atoms with Gasteiger partial charge in [-0.25, -0.2) is 4.79 Å². The summed E-state index contributed by atoms with van der Waals surface area (Å²) in [6.45, 7) is 3.44. The van der Waals surface area contributed by atoms with E-state index in [0.29, 0.717) is 0 Å². The first-order chi connectivity index (χ1) is 9.13. The zero-order chi connectivity index (χ0) is 15.5. The van der Waals surface area contributed by atoms with Gasteiger partial charge in [0.1, 0.15) is 5.15 Å². The SMILES string of the molecule is CC(C)c1c(Cl)[nH]c(=O)n(CCCCC(F)(F)F)c1=O. The van der Waals surface area contributed by atoms with Crippen LogP contribution in [0, 0.1) is 0 Å². The zero-order valence-electron chi connectivity index (χ0n) is 11.2. The van der Waals surface area contributed by atoms with Crippen molar-refractivity contribution in [1.82, 2.24) is 9.55 Å². The molecule has 0 spiro atoms. The first kappa shape index (κ1) is 16.8. The van der Waals surface area contributed by atoms with E-state index in [2.05, 4.69) is 4.98 Å². The monoisotopic (exact) mass is 312 g/mol. The molecule has 0 unspecified atom stereocenters. The molecule has 0 saturated heterocycles.